The van der Waals surface area contributed by atoms with Crippen molar-refractivity contribution < 1.29 is 14.3 Å². The van der Waals surface area contributed by atoms with Crippen LogP contribution < -0.4 is 4.74 Å². The summed E-state index contributed by atoms with van der Waals surface area (Å²) in [6.45, 7) is 5.85. The Morgan fingerprint density at radius 2 is 1.94 bits per heavy atom. The molecule has 0 heterocycles. The third kappa shape index (κ3) is 2.99. The van der Waals surface area contributed by atoms with Gasteiger partial charge in [0, 0.05) is 5.56 Å². The van der Waals surface area contributed by atoms with Gasteiger partial charge in [-0.05, 0) is 36.1 Å². The van der Waals surface area contributed by atoms with Crippen LogP contribution in [0.1, 0.15) is 41.3 Å². The first-order valence-corrected chi connectivity index (χ1v) is 6.86. The number of halogens is 1. The quantitative estimate of drug-likeness (QED) is 0.476. The van der Waals surface area contributed by atoms with Crippen LogP contribution >= 0.6 is 15.9 Å². The number of methoxy groups -OCH3 is 1. The van der Waals surface area contributed by atoms with Crippen molar-refractivity contribution in [2.75, 3.05) is 12.4 Å². The fraction of sp³-hybridized carbons (Fsp3) is 0.429. The molecule has 0 bridgehead atoms. The Morgan fingerprint density at radius 1 is 1.33 bits per heavy atom. The molecule has 0 atom stereocenters. The van der Waals surface area contributed by atoms with Gasteiger partial charge in [-0.1, -0.05) is 29.8 Å². The Hall–Kier alpha value is -1.16. The molecule has 4 heteroatoms. The lowest BCUT2D eigenvalue weighted by molar-refractivity contribution is -0.112. The molecule has 98 valence electrons. The fourth-order valence-electron chi connectivity index (χ4n) is 1.78. The number of rotatable bonds is 5. The van der Waals surface area contributed by atoms with Crippen LogP contribution in [0.25, 0.3) is 0 Å². The lowest BCUT2D eigenvalue weighted by atomic mass is 9.94. The Labute approximate surface area is 116 Å². The minimum absolute atomic E-state index is 0.0499. The van der Waals surface area contributed by atoms with Gasteiger partial charge in [-0.15, -0.1) is 0 Å². The Morgan fingerprint density at radius 3 is 2.39 bits per heavy atom. The van der Waals surface area contributed by atoms with E-state index in [-0.39, 0.29) is 11.2 Å². The van der Waals surface area contributed by atoms with Gasteiger partial charge >= 0.3 is 0 Å². The summed E-state index contributed by atoms with van der Waals surface area (Å²) in [5, 5.41) is 0.0499. The zero-order valence-electron chi connectivity index (χ0n) is 11.0. The highest BCUT2D eigenvalue weighted by Gasteiger charge is 2.20. The van der Waals surface area contributed by atoms with Crippen molar-refractivity contribution in [2.24, 2.45) is 0 Å². The first-order valence-electron chi connectivity index (χ1n) is 5.74. The molecule has 0 fully saturated rings. The lowest BCUT2D eigenvalue weighted by Crippen LogP contribution is -2.17. The number of benzene rings is 1. The van der Waals surface area contributed by atoms with E-state index in [4.69, 9.17) is 4.74 Å². The molecule has 0 aliphatic carbocycles. The first kappa shape index (κ1) is 14.9. The zero-order valence-corrected chi connectivity index (χ0v) is 12.6. The standard InChI is InChI=1S/C14H17BrO3/c1-8(2)10-6-11(14(17)12(16)7-15)9(3)5-13(10)18-4/h5-6,8H,7H2,1-4H3. The number of carbonyl (C=O) groups is 2. The number of carbonyl (C=O) groups excluding carboxylic acids is 2. The van der Waals surface area contributed by atoms with E-state index in [1.54, 1.807) is 20.1 Å². The van der Waals surface area contributed by atoms with Gasteiger partial charge in [0.1, 0.15) is 5.75 Å². The molecule has 1 aromatic carbocycles. The number of Topliss-reactive ketones (excluding diaryl/α,β-unsaturated/α-hetero) is 2. The molecule has 0 saturated heterocycles. The molecule has 0 radical (unpaired) electrons. The zero-order chi connectivity index (χ0) is 13.9. The predicted molar refractivity (Wildman–Crippen MR) is 75.0 cm³/mol. The monoisotopic (exact) mass is 312 g/mol. The fourth-order valence-corrected chi connectivity index (χ4v) is 2.04. The van der Waals surface area contributed by atoms with Gasteiger partial charge in [0.05, 0.1) is 12.4 Å². The normalized spacial score (nSPS) is 10.6. The number of hydrogen-bond donors (Lipinski definition) is 0. The number of ether oxygens (including phenoxy) is 1. The van der Waals surface area contributed by atoms with Crippen LogP contribution in [-0.4, -0.2) is 24.0 Å². The summed E-state index contributed by atoms with van der Waals surface area (Å²) >= 11 is 3.02. The summed E-state index contributed by atoms with van der Waals surface area (Å²) < 4.78 is 5.30. The van der Waals surface area contributed by atoms with Crippen LogP contribution in [0.3, 0.4) is 0 Å². The lowest BCUT2D eigenvalue weighted by Gasteiger charge is -2.15. The highest BCUT2D eigenvalue weighted by molar-refractivity contribution is 9.09. The molecule has 0 aliphatic rings. The van der Waals surface area contributed by atoms with E-state index >= 15 is 0 Å². The maximum atomic E-state index is 12.0. The van der Waals surface area contributed by atoms with E-state index in [0.29, 0.717) is 5.56 Å². The summed E-state index contributed by atoms with van der Waals surface area (Å²) in [5.41, 5.74) is 2.16. The average molecular weight is 313 g/mol. The molecule has 0 aliphatic heterocycles. The van der Waals surface area contributed by atoms with Gasteiger partial charge in [0.25, 0.3) is 0 Å². The highest BCUT2D eigenvalue weighted by Crippen LogP contribution is 2.29. The second kappa shape index (κ2) is 6.14. The molecule has 0 unspecified atom stereocenters. The molecule has 1 aromatic rings. The minimum Gasteiger partial charge on any atom is -0.496 e. The van der Waals surface area contributed by atoms with Crippen molar-refractivity contribution in [1.82, 2.24) is 0 Å². The van der Waals surface area contributed by atoms with Crippen molar-refractivity contribution in [3.8, 4) is 5.75 Å². The third-order valence-corrected chi connectivity index (χ3v) is 3.33. The van der Waals surface area contributed by atoms with Gasteiger partial charge in [0.2, 0.25) is 11.6 Å². The molecule has 1 rings (SSSR count). The van der Waals surface area contributed by atoms with Crippen LogP contribution in [0.2, 0.25) is 0 Å². The molecule has 0 aromatic heterocycles. The molecular weight excluding hydrogens is 296 g/mol. The molecule has 18 heavy (non-hydrogen) atoms. The number of hydrogen-bond acceptors (Lipinski definition) is 3. The molecule has 0 spiro atoms. The van der Waals surface area contributed by atoms with Crippen LogP contribution in [0, 0.1) is 6.92 Å². The first-order chi connectivity index (χ1) is 8.42. The molecule has 3 nitrogen and oxygen atoms in total. The minimum atomic E-state index is -0.450. The predicted octanol–water partition coefficient (Wildman–Crippen LogP) is 3.27. The summed E-state index contributed by atoms with van der Waals surface area (Å²) in [6, 6.07) is 3.58. The van der Waals surface area contributed by atoms with Gasteiger partial charge in [0.15, 0.2) is 0 Å². The van der Waals surface area contributed by atoms with Gasteiger partial charge in [-0.25, -0.2) is 0 Å². The van der Waals surface area contributed by atoms with Gasteiger partial charge in [-0.2, -0.15) is 0 Å². The third-order valence-electron chi connectivity index (χ3n) is 2.82. The van der Waals surface area contributed by atoms with E-state index in [1.807, 2.05) is 19.9 Å². The second-order valence-corrected chi connectivity index (χ2v) is 5.01. The van der Waals surface area contributed by atoms with Crippen molar-refractivity contribution in [1.29, 1.82) is 0 Å². The smallest absolute Gasteiger partial charge is 0.229 e. The summed E-state index contributed by atoms with van der Waals surface area (Å²) in [6.07, 6.45) is 0. The van der Waals surface area contributed by atoms with Crippen LogP contribution in [0.5, 0.6) is 5.75 Å². The van der Waals surface area contributed by atoms with Crippen LogP contribution in [0.15, 0.2) is 12.1 Å². The van der Waals surface area contributed by atoms with E-state index in [9.17, 15) is 9.59 Å². The second-order valence-electron chi connectivity index (χ2n) is 4.45. The Balaban J connectivity index is 3.34. The van der Waals surface area contributed by atoms with E-state index < -0.39 is 11.6 Å². The number of alkyl halides is 1. The van der Waals surface area contributed by atoms with Gasteiger partial charge < -0.3 is 4.74 Å². The van der Waals surface area contributed by atoms with Gasteiger partial charge in [-0.3, -0.25) is 9.59 Å². The largest absolute Gasteiger partial charge is 0.496 e. The topological polar surface area (TPSA) is 43.4 Å². The van der Waals surface area contributed by atoms with Crippen molar-refractivity contribution in [3.05, 3.63) is 28.8 Å². The molecular formula is C14H17BrO3. The van der Waals surface area contributed by atoms with Crippen molar-refractivity contribution >= 4 is 27.5 Å². The van der Waals surface area contributed by atoms with E-state index in [0.717, 1.165) is 16.9 Å². The molecule has 0 saturated carbocycles. The maximum Gasteiger partial charge on any atom is 0.229 e. The average Bonchev–Trinajstić information content (AvgIpc) is 2.36. The summed E-state index contributed by atoms with van der Waals surface area (Å²) in [7, 11) is 1.60. The number of aryl methyl sites for hydroxylation is 1. The Bertz CT molecular complexity index is 478. The van der Waals surface area contributed by atoms with E-state index in [2.05, 4.69) is 15.9 Å². The molecule has 0 amide bonds. The van der Waals surface area contributed by atoms with Crippen molar-refractivity contribution in [2.45, 2.75) is 26.7 Å². The number of ketones is 2. The maximum absolute atomic E-state index is 12.0. The highest BCUT2D eigenvalue weighted by atomic mass is 79.9. The summed E-state index contributed by atoms with van der Waals surface area (Å²) in [4.78, 5) is 23.4. The van der Waals surface area contributed by atoms with E-state index in [1.165, 1.54) is 0 Å². The summed E-state index contributed by atoms with van der Waals surface area (Å²) in [5.74, 6) is 0.100. The SMILES string of the molecule is COc1cc(C)c(C(=O)C(=O)CBr)cc1C(C)C. The Kier molecular flexibility index (Phi) is 5.08. The van der Waals surface area contributed by atoms with Crippen molar-refractivity contribution in [3.63, 3.8) is 0 Å². The molecule has 0 N–H and O–H groups in total. The van der Waals surface area contributed by atoms with Crippen LogP contribution in [0.4, 0.5) is 0 Å². The van der Waals surface area contributed by atoms with Crippen LogP contribution in [-0.2, 0) is 4.79 Å².